The number of aliphatic hydroxyl groups is 1. The molecule has 4 heteroatoms. The van der Waals surface area contributed by atoms with Crippen molar-refractivity contribution in [3.8, 4) is 0 Å². The van der Waals surface area contributed by atoms with E-state index in [1.165, 1.54) is 0 Å². The highest BCUT2D eigenvalue weighted by molar-refractivity contribution is 5.76. The predicted octanol–water partition coefficient (Wildman–Crippen LogP) is 0.280. The average Bonchev–Trinajstić information content (AvgIpc) is 2.09. The maximum atomic E-state index is 9.39. The lowest BCUT2D eigenvalue weighted by atomic mass is 9.84. The first-order valence-corrected chi connectivity index (χ1v) is 4.84. The van der Waals surface area contributed by atoms with Crippen LogP contribution in [0.3, 0.4) is 0 Å². The lowest BCUT2D eigenvalue weighted by Crippen LogP contribution is -2.47. The number of aliphatic hydroxyl groups excluding tert-OH is 1. The van der Waals surface area contributed by atoms with Crippen LogP contribution in [-0.2, 0) is 0 Å². The van der Waals surface area contributed by atoms with Gasteiger partial charge in [0.05, 0.1) is 6.10 Å². The van der Waals surface area contributed by atoms with Crippen molar-refractivity contribution in [2.24, 2.45) is 5.92 Å². The molecule has 0 radical (unpaired) electrons. The molecule has 0 unspecified atom stereocenters. The van der Waals surface area contributed by atoms with Gasteiger partial charge in [-0.3, -0.25) is 5.41 Å². The molecule has 0 aliphatic heterocycles. The minimum Gasteiger partial charge on any atom is -0.393 e. The molecule has 4 N–H and O–H groups in total. The molecule has 0 heterocycles. The van der Waals surface area contributed by atoms with Gasteiger partial charge in [0.1, 0.15) is 0 Å². The zero-order chi connectivity index (χ0) is 9.84. The lowest BCUT2D eigenvalue weighted by molar-refractivity contribution is 0.0916. The Bertz CT molecular complexity index is 184. The number of hydrogen-bond acceptors (Lipinski definition) is 2. The van der Waals surface area contributed by atoms with Gasteiger partial charge >= 0.3 is 0 Å². The van der Waals surface area contributed by atoms with Crippen molar-refractivity contribution in [3.63, 3.8) is 0 Å². The van der Waals surface area contributed by atoms with E-state index in [4.69, 9.17) is 5.41 Å². The van der Waals surface area contributed by atoms with E-state index in [1.54, 1.807) is 7.05 Å². The minimum absolute atomic E-state index is 0.142. The number of rotatable bonds is 1. The average molecular weight is 185 g/mol. The molecule has 0 aromatic rings. The quantitative estimate of drug-likeness (QED) is 0.350. The molecule has 13 heavy (non-hydrogen) atoms. The van der Waals surface area contributed by atoms with Crippen LogP contribution in [0, 0.1) is 11.3 Å². The highest BCUT2D eigenvalue weighted by Crippen LogP contribution is 2.23. The minimum atomic E-state index is -0.142. The molecule has 0 saturated heterocycles. The summed E-state index contributed by atoms with van der Waals surface area (Å²) in [7, 11) is 1.73. The van der Waals surface area contributed by atoms with Crippen LogP contribution in [0.2, 0.25) is 0 Å². The molecule has 1 fully saturated rings. The first-order valence-electron chi connectivity index (χ1n) is 4.84. The SMILES string of the molecule is CNC(=N)N[C@@H]1CC[C@@H](O)C[C@H]1C. The van der Waals surface area contributed by atoms with Gasteiger partial charge in [-0.25, -0.2) is 0 Å². The summed E-state index contributed by atoms with van der Waals surface area (Å²) in [4.78, 5) is 0. The van der Waals surface area contributed by atoms with E-state index in [0.717, 1.165) is 19.3 Å². The Morgan fingerprint density at radius 3 is 2.69 bits per heavy atom. The van der Waals surface area contributed by atoms with Crippen molar-refractivity contribution < 1.29 is 5.11 Å². The van der Waals surface area contributed by atoms with Crippen LogP contribution in [0.1, 0.15) is 26.2 Å². The van der Waals surface area contributed by atoms with Crippen molar-refractivity contribution in [1.82, 2.24) is 10.6 Å². The molecule has 0 spiro atoms. The van der Waals surface area contributed by atoms with E-state index >= 15 is 0 Å². The van der Waals surface area contributed by atoms with E-state index < -0.39 is 0 Å². The molecule has 0 aromatic heterocycles. The maximum absolute atomic E-state index is 9.39. The summed E-state index contributed by atoms with van der Waals surface area (Å²) < 4.78 is 0. The molecule has 1 aliphatic carbocycles. The zero-order valence-electron chi connectivity index (χ0n) is 8.30. The van der Waals surface area contributed by atoms with E-state index in [0.29, 0.717) is 17.9 Å². The van der Waals surface area contributed by atoms with E-state index in [2.05, 4.69) is 17.6 Å². The van der Waals surface area contributed by atoms with Crippen molar-refractivity contribution >= 4 is 5.96 Å². The Labute approximate surface area is 79.2 Å². The summed E-state index contributed by atoms with van der Waals surface area (Å²) >= 11 is 0. The molecular formula is C9H19N3O. The monoisotopic (exact) mass is 185 g/mol. The van der Waals surface area contributed by atoms with Gasteiger partial charge in [0.2, 0.25) is 0 Å². The molecule has 1 saturated carbocycles. The van der Waals surface area contributed by atoms with Gasteiger partial charge in [0.25, 0.3) is 0 Å². The fraction of sp³-hybridized carbons (Fsp3) is 0.889. The van der Waals surface area contributed by atoms with Crippen molar-refractivity contribution in [2.45, 2.75) is 38.3 Å². The number of nitrogens with one attached hydrogen (secondary N) is 3. The maximum Gasteiger partial charge on any atom is 0.188 e. The molecule has 0 bridgehead atoms. The predicted molar refractivity (Wildman–Crippen MR) is 52.7 cm³/mol. The fourth-order valence-electron chi connectivity index (χ4n) is 1.84. The van der Waals surface area contributed by atoms with Crippen molar-refractivity contribution in [1.29, 1.82) is 5.41 Å². The molecule has 1 rings (SSSR count). The smallest absolute Gasteiger partial charge is 0.188 e. The van der Waals surface area contributed by atoms with Crippen LogP contribution in [0.15, 0.2) is 0 Å². The molecule has 76 valence electrons. The molecule has 1 aliphatic rings. The highest BCUT2D eigenvalue weighted by Gasteiger charge is 2.26. The van der Waals surface area contributed by atoms with E-state index in [-0.39, 0.29) is 6.10 Å². The van der Waals surface area contributed by atoms with Crippen LogP contribution >= 0.6 is 0 Å². The molecule has 4 nitrogen and oxygen atoms in total. The Hall–Kier alpha value is -0.770. The normalized spacial score (nSPS) is 33.9. The van der Waals surface area contributed by atoms with Crippen LogP contribution < -0.4 is 10.6 Å². The third kappa shape index (κ3) is 2.88. The summed E-state index contributed by atoms with van der Waals surface area (Å²) in [5.74, 6) is 0.811. The van der Waals surface area contributed by atoms with Crippen LogP contribution in [0.4, 0.5) is 0 Å². The Kier molecular flexibility index (Phi) is 3.54. The van der Waals surface area contributed by atoms with Gasteiger partial charge in [-0.2, -0.15) is 0 Å². The second kappa shape index (κ2) is 4.46. The van der Waals surface area contributed by atoms with Crippen molar-refractivity contribution in [3.05, 3.63) is 0 Å². The summed E-state index contributed by atoms with van der Waals surface area (Å²) in [6.45, 7) is 2.11. The zero-order valence-corrected chi connectivity index (χ0v) is 8.30. The first kappa shape index (κ1) is 10.3. The van der Waals surface area contributed by atoms with Crippen LogP contribution in [0.5, 0.6) is 0 Å². The third-order valence-electron chi connectivity index (χ3n) is 2.72. The molecular weight excluding hydrogens is 166 g/mol. The van der Waals surface area contributed by atoms with Crippen molar-refractivity contribution in [2.75, 3.05) is 7.05 Å². The number of hydrogen-bond donors (Lipinski definition) is 4. The molecule has 0 amide bonds. The van der Waals surface area contributed by atoms with Gasteiger partial charge < -0.3 is 15.7 Å². The third-order valence-corrected chi connectivity index (χ3v) is 2.72. The van der Waals surface area contributed by atoms with Gasteiger partial charge in [0.15, 0.2) is 5.96 Å². The van der Waals surface area contributed by atoms with Gasteiger partial charge in [-0.05, 0) is 25.2 Å². The Morgan fingerprint density at radius 2 is 2.15 bits per heavy atom. The standard InChI is InChI=1S/C9H19N3O/c1-6-5-7(13)3-4-8(6)12-9(10)11-2/h6-8,13H,3-5H2,1-2H3,(H3,10,11,12)/t6-,7-,8-/m1/s1. The second-order valence-electron chi connectivity index (χ2n) is 3.82. The topological polar surface area (TPSA) is 68.1 Å². The molecule has 0 aromatic carbocycles. The summed E-state index contributed by atoms with van der Waals surface area (Å²) in [6.07, 6.45) is 2.50. The summed E-state index contributed by atoms with van der Waals surface area (Å²) in [5.41, 5.74) is 0. The molecule has 3 atom stereocenters. The van der Waals surface area contributed by atoms with E-state index in [9.17, 15) is 5.11 Å². The second-order valence-corrected chi connectivity index (χ2v) is 3.82. The van der Waals surface area contributed by atoms with Crippen LogP contribution in [-0.4, -0.2) is 30.3 Å². The Morgan fingerprint density at radius 1 is 1.46 bits per heavy atom. The van der Waals surface area contributed by atoms with Gasteiger partial charge in [0, 0.05) is 13.1 Å². The Balaban J connectivity index is 2.38. The van der Waals surface area contributed by atoms with Gasteiger partial charge in [-0.15, -0.1) is 0 Å². The lowest BCUT2D eigenvalue weighted by Gasteiger charge is -2.32. The van der Waals surface area contributed by atoms with Gasteiger partial charge in [-0.1, -0.05) is 6.92 Å². The summed E-state index contributed by atoms with van der Waals surface area (Å²) in [6, 6.07) is 0.336. The summed E-state index contributed by atoms with van der Waals surface area (Å²) in [5, 5.41) is 22.7. The van der Waals surface area contributed by atoms with Crippen LogP contribution in [0.25, 0.3) is 0 Å². The largest absolute Gasteiger partial charge is 0.393 e. The first-order chi connectivity index (χ1) is 6.13. The van der Waals surface area contributed by atoms with E-state index in [1.807, 2.05) is 0 Å². The number of guanidine groups is 1. The fourth-order valence-corrected chi connectivity index (χ4v) is 1.84. The highest BCUT2D eigenvalue weighted by atomic mass is 16.3.